The van der Waals surface area contributed by atoms with Crippen LogP contribution in [0, 0.1) is 0 Å². The molecule has 0 aliphatic carbocycles. The first-order valence-electron chi connectivity index (χ1n) is 29.4. The molecule has 0 spiro atoms. The number of rotatable bonds is 53. The van der Waals surface area contributed by atoms with Gasteiger partial charge in [0.1, 0.15) is 13.2 Å². The minimum Gasteiger partial charge on any atom is -0.462 e. The normalized spacial score (nSPS) is 12.6. The first-order valence-corrected chi connectivity index (χ1v) is 29.4. The summed E-state index contributed by atoms with van der Waals surface area (Å²) in [4.78, 5) is 38.2. The number of hydrogen-bond acceptors (Lipinski definition) is 6. The summed E-state index contributed by atoms with van der Waals surface area (Å²) in [5.74, 6) is -0.895. The lowest BCUT2D eigenvalue weighted by Crippen LogP contribution is -2.30. The standard InChI is InChI=1S/C63H110O6/c1-4-7-10-13-16-19-22-25-27-29-31-32-33-35-36-38-41-44-47-50-53-56-62(65)68-59-60(58-67-61(64)55-52-49-46-43-40-24-21-18-15-12-9-6-3)69-63(66)57-54-51-48-45-42-39-37-34-30-28-26-23-20-17-14-11-8-5-2/h7,10,16,19,25,27-28,30-32,35-36,60H,4-6,8-9,11-15,17-18,20-24,26,29,33-34,37-59H2,1-3H3/b10-7-,19-16-,27-25-,30-28-,32-31-,36-35-. The minimum atomic E-state index is -0.784. The molecule has 0 heterocycles. The monoisotopic (exact) mass is 963 g/mol. The molecule has 1 atom stereocenters. The quantitative estimate of drug-likeness (QED) is 0.0262. The minimum absolute atomic E-state index is 0.0810. The topological polar surface area (TPSA) is 78.9 Å². The van der Waals surface area contributed by atoms with Gasteiger partial charge in [-0.1, -0.05) is 254 Å². The van der Waals surface area contributed by atoms with Crippen molar-refractivity contribution in [2.24, 2.45) is 0 Å². The predicted molar refractivity (Wildman–Crippen MR) is 298 cm³/mol. The molecule has 0 amide bonds. The predicted octanol–water partition coefficient (Wildman–Crippen LogP) is 19.8. The molecule has 0 aromatic carbocycles. The van der Waals surface area contributed by atoms with Crippen LogP contribution >= 0.6 is 0 Å². The van der Waals surface area contributed by atoms with Crippen LogP contribution in [0.3, 0.4) is 0 Å². The van der Waals surface area contributed by atoms with Crippen molar-refractivity contribution in [2.75, 3.05) is 13.2 Å². The van der Waals surface area contributed by atoms with Gasteiger partial charge in [0.25, 0.3) is 0 Å². The summed E-state index contributed by atoms with van der Waals surface area (Å²) in [5.41, 5.74) is 0. The third-order valence-electron chi connectivity index (χ3n) is 12.7. The maximum atomic E-state index is 12.9. The van der Waals surface area contributed by atoms with Crippen LogP contribution in [0.15, 0.2) is 72.9 Å². The zero-order valence-corrected chi connectivity index (χ0v) is 45.6. The molecule has 6 nitrogen and oxygen atoms in total. The van der Waals surface area contributed by atoms with E-state index in [0.29, 0.717) is 19.3 Å². The van der Waals surface area contributed by atoms with Crippen LogP contribution in [-0.2, 0) is 28.6 Å². The van der Waals surface area contributed by atoms with Crippen molar-refractivity contribution < 1.29 is 28.6 Å². The van der Waals surface area contributed by atoms with Gasteiger partial charge in [-0.05, 0) is 89.9 Å². The highest BCUT2D eigenvalue weighted by atomic mass is 16.6. The van der Waals surface area contributed by atoms with E-state index in [1.807, 2.05) is 0 Å². The molecule has 69 heavy (non-hydrogen) atoms. The molecule has 0 saturated heterocycles. The van der Waals surface area contributed by atoms with E-state index in [-0.39, 0.29) is 31.1 Å². The molecule has 0 saturated carbocycles. The second-order valence-corrected chi connectivity index (χ2v) is 19.5. The van der Waals surface area contributed by atoms with E-state index in [0.717, 1.165) is 109 Å². The Morgan fingerprint density at radius 3 is 0.899 bits per heavy atom. The fourth-order valence-corrected chi connectivity index (χ4v) is 8.29. The Bertz CT molecular complexity index is 1290. The van der Waals surface area contributed by atoms with Gasteiger partial charge in [0.15, 0.2) is 6.10 Å². The van der Waals surface area contributed by atoms with Crippen LogP contribution in [0.4, 0.5) is 0 Å². The van der Waals surface area contributed by atoms with Gasteiger partial charge in [-0.3, -0.25) is 14.4 Å². The van der Waals surface area contributed by atoms with Crippen molar-refractivity contribution in [1.82, 2.24) is 0 Å². The van der Waals surface area contributed by atoms with E-state index >= 15 is 0 Å². The fourth-order valence-electron chi connectivity index (χ4n) is 8.29. The molecule has 0 bridgehead atoms. The Labute approximate surface area is 427 Å². The van der Waals surface area contributed by atoms with E-state index in [1.54, 1.807) is 0 Å². The largest absolute Gasteiger partial charge is 0.462 e. The van der Waals surface area contributed by atoms with Crippen LogP contribution in [0.5, 0.6) is 0 Å². The number of unbranched alkanes of at least 4 members (excludes halogenated alkanes) is 30. The second-order valence-electron chi connectivity index (χ2n) is 19.5. The van der Waals surface area contributed by atoms with E-state index < -0.39 is 6.10 Å². The van der Waals surface area contributed by atoms with E-state index in [2.05, 4.69) is 93.7 Å². The molecule has 0 aromatic heterocycles. The second kappa shape index (κ2) is 57.4. The summed E-state index contributed by atoms with van der Waals surface area (Å²) in [5, 5.41) is 0. The first-order chi connectivity index (χ1) is 34.0. The molecule has 398 valence electrons. The third kappa shape index (κ3) is 55.6. The summed E-state index contributed by atoms with van der Waals surface area (Å²) in [6.45, 7) is 6.52. The number of esters is 3. The van der Waals surface area contributed by atoms with Crippen molar-refractivity contribution >= 4 is 17.9 Å². The van der Waals surface area contributed by atoms with Gasteiger partial charge in [-0.25, -0.2) is 0 Å². The van der Waals surface area contributed by atoms with Crippen molar-refractivity contribution in [3.05, 3.63) is 72.9 Å². The molecular weight excluding hydrogens is 853 g/mol. The zero-order valence-electron chi connectivity index (χ0n) is 45.6. The molecule has 0 rings (SSSR count). The van der Waals surface area contributed by atoms with Crippen molar-refractivity contribution in [1.29, 1.82) is 0 Å². The maximum Gasteiger partial charge on any atom is 0.306 e. The highest BCUT2D eigenvalue weighted by molar-refractivity contribution is 5.71. The summed E-state index contributed by atoms with van der Waals surface area (Å²) < 4.78 is 16.9. The summed E-state index contributed by atoms with van der Waals surface area (Å²) in [6.07, 6.45) is 73.2. The van der Waals surface area contributed by atoms with Gasteiger partial charge in [-0.15, -0.1) is 0 Å². The molecule has 0 fully saturated rings. The summed E-state index contributed by atoms with van der Waals surface area (Å²) in [7, 11) is 0. The number of allylic oxidation sites excluding steroid dienone is 12. The highest BCUT2D eigenvalue weighted by Gasteiger charge is 2.19. The average Bonchev–Trinajstić information content (AvgIpc) is 3.35. The summed E-state index contributed by atoms with van der Waals surface area (Å²) in [6, 6.07) is 0. The lowest BCUT2D eigenvalue weighted by Gasteiger charge is -2.18. The van der Waals surface area contributed by atoms with Gasteiger partial charge in [0.05, 0.1) is 0 Å². The van der Waals surface area contributed by atoms with Crippen molar-refractivity contribution in [3.63, 3.8) is 0 Å². The van der Waals surface area contributed by atoms with Crippen LogP contribution in [0.2, 0.25) is 0 Å². The molecule has 0 aliphatic heterocycles. The van der Waals surface area contributed by atoms with E-state index in [4.69, 9.17) is 14.2 Å². The molecule has 0 N–H and O–H groups in total. The van der Waals surface area contributed by atoms with Gasteiger partial charge in [0.2, 0.25) is 0 Å². The SMILES string of the molecule is CC/C=C\C/C=C\C/C=C\C/C=C\C/C=C\CCCCCCCC(=O)OCC(COC(=O)CCCCCCCCCCCCCC)OC(=O)CCCCCCCCC/C=C\CCCCCCCCC. The zero-order chi connectivity index (χ0) is 50.0. The van der Waals surface area contributed by atoms with E-state index in [9.17, 15) is 14.4 Å². The first kappa shape index (κ1) is 65.8. The maximum absolute atomic E-state index is 12.9. The Morgan fingerprint density at radius 2 is 0.565 bits per heavy atom. The van der Waals surface area contributed by atoms with Gasteiger partial charge < -0.3 is 14.2 Å². The highest BCUT2D eigenvalue weighted by Crippen LogP contribution is 2.16. The molecule has 0 aromatic rings. The lowest BCUT2D eigenvalue weighted by molar-refractivity contribution is -0.167. The van der Waals surface area contributed by atoms with Gasteiger partial charge in [0, 0.05) is 19.3 Å². The smallest absolute Gasteiger partial charge is 0.306 e. The molecule has 6 heteroatoms. The van der Waals surface area contributed by atoms with Crippen molar-refractivity contribution in [3.8, 4) is 0 Å². The van der Waals surface area contributed by atoms with Crippen LogP contribution in [0.25, 0.3) is 0 Å². The molecule has 0 radical (unpaired) electrons. The molecule has 0 aliphatic rings. The average molecular weight is 964 g/mol. The lowest BCUT2D eigenvalue weighted by atomic mass is 10.0. The fraction of sp³-hybridized carbons (Fsp3) is 0.762. The number of carbonyl (C=O) groups excluding carboxylic acids is 3. The molecular formula is C63H110O6. The Morgan fingerprint density at radius 1 is 0.304 bits per heavy atom. The Hall–Kier alpha value is -3.15. The van der Waals surface area contributed by atoms with Crippen LogP contribution < -0.4 is 0 Å². The third-order valence-corrected chi connectivity index (χ3v) is 12.7. The number of carbonyl (C=O) groups is 3. The van der Waals surface area contributed by atoms with Crippen molar-refractivity contribution in [2.45, 2.75) is 297 Å². The number of ether oxygens (including phenoxy) is 3. The van der Waals surface area contributed by atoms with Gasteiger partial charge >= 0.3 is 17.9 Å². The molecule has 1 unspecified atom stereocenters. The van der Waals surface area contributed by atoms with E-state index in [1.165, 1.54) is 141 Å². The number of hydrogen-bond donors (Lipinski definition) is 0. The van der Waals surface area contributed by atoms with Gasteiger partial charge in [-0.2, -0.15) is 0 Å². The Kier molecular flexibility index (Phi) is 54.8. The summed E-state index contributed by atoms with van der Waals surface area (Å²) >= 11 is 0. The Balaban J connectivity index is 4.38. The van der Waals surface area contributed by atoms with Crippen LogP contribution in [-0.4, -0.2) is 37.2 Å². The van der Waals surface area contributed by atoms with Crippen LogP contribution in [0.1, 0.15) is 290 Å².